The Morgan fingerprint density at radius 3 is 2.55 bits per heavy atom. The molecule has 4 atom stereocenters. The van der Waals surface area contributed by atoms with Crippen LogP contribution in [0.25, 0.3) is 0 Å². The summed E-state index contributed by atoms with van der Waals surface area (Å²) in [4.78, 5) is 11.1. The van der Waals surface area contributed by atoms with E-state index in [1.54, 1.807) is 6.08 Å². The zero-order valence-electron chi connectivity index (χ0n) is 11.9. The molecule has 0 N–H and O–H groups in total. The summed E-state index contributed by atoms with van der Waals surface area (Å²) in [5, 5.41) is 11.4. The predicted octanol–water partition coefficient (Wildman–Crippen LogP) is 3.62. The molecule has 0 unspecified atom stereocenters. The molecule has 0 bridgehead atoms. The van der Waals surface area contributed by atoms with Crippen LogP contribution in [0.2, 0.25) is 0 Å². The average Bonchev–Trinajstić information content (AvgIpc) is 2.46. The van der Waals surface area contributed by atoms with Gasteiger partial charge in [0.05, 0.1) is 6.10 Å². The van der Waals surface area contributed by atoms with E-state index in [4.69, 9.17) is 4.74 Å². The molecule has 20 heavy (non-hydrogen) atoms. The van der Waals surface area contributed by atoms with Crippen LogP contribution in [-0.4, -0.2) is 17.1 Å². The van der Waals surface area contributed by atoms with E-state index < -0.39 is 6.04 Å². The maximum absolute atomic E-state index is 11.4. The van der Waals surface area contributed by atoms with Crippen LogP contribution in [0.15, 0.2) is 43.0 Å². The van der Waals surface area contributed by atoms with E-state index in [1.165, 1.54) is 0 Å². The van der Waals surface area contributed by atoms with E-state index in [9.17, 15) is 10.1 Å². The Hall–Kier alpha value is -1.68. The fraction of sp³-hybridized carbons (Fsp3) is 0.500. The maximum atomic E-state index is 11.4. The quantitative estimate of drug-likeness (QED) is 0.479. The Kier molecular flexibility index (Phi) is 4.55. The van der Waals surface area contributed by atoms with Crippen LogP contribution < -0.4 is 0 Å². The normalized spacial score (nSPS) is 30.1. The molecular weight excluding hydrogens is 254 g/mol. The smallest absolute Gasteiger partial charge is 0.245 e. The van der Waals surface area contributed by atoms with Crippen molar-refractivity contribution in [2.45, 2.75) is 38.5 Å². The third-order valence-corrected chi connectivity index (χ3v) is 3.96. The van der Waals surface area contributed by atoms with E-state index in [1.807, 2.05) is 44.2 Å². The van der Waals surface area contributed by atoms with E-state index in [2.05, 4.69) is 6.58 Å². The van der Waals surface area contributed by atoms with Crippen LogP contribution in [0.1, 0.15) is 31.9 Å². The Labute approximate surface area is 119 Å². The summed E-state index contributed by atoms with van der Waals surface area (Å²) in [6.45, 7) is 7.71. The third-order valence-electron chi connectivity index (χ3n) is 3.96. The molecule has 0 amide bonds. The van der Waals surface area contributed by atoms with Gasteiger partial charge in [0.2, 0.25) is 6.04 Å². The number of hydrogen-bond acceptors (Lipinski definition) is 3. The SMILES string of the molecule is C=C[C@@H]1C[C@@H](c2ccccc2)O[C@@H](C(C)C)[C@@H]1[N+](=O)[O-]. The molecule has 2 rings (SSSR count). The minimum absolute atomic E-state index is 0.0946. The van der Waals surface area contributed by atoms with E-state index in [0.29, 0.717) is 6.42 Å². The van der Waals surface area contributed by atoms with Gasteiger partial charge in [-0.25, -0.2) is 0 Å². The van der Waals surface area contributed by atoms with E-state index in [0.717, 1.165) is 5.56 Å². The van der Waals surface area contributed by atoms with Gasteiger partial charge in [0.15, 0.2) is 0 Å². The van der Waals surface area contributed by atoms with Crippen molar-refractivity contribution in [1.82, 2.24) is 0 Å². The van der Waals surface area contributed by atoms with Gasteiger partial charge in [-0.05, 0) is 17.9 Å². The van der Waals surface area contributed by atoms with Crippen molar-refractivity contribution >= 4 is 0 Å². The average molecular weight is 275 g/mol. The van der Waals surface area contributed by atoms with Gasteiger partial charge in [0, 0.05) is 10.8 Å². The first-order valence-corrected chi connectivity index (χ1v) is 7.01. The summed E-state index contributed by atoms with van der Waals surface area (Å²) in [6, 6.07) is 9.20. The Morgan fingerprint density at radius 1 is 1.40 bits per heavy atom. The molecule has 0 spiro atoms. The van der Waals surface area contributed by atoms with Gasteiger partial charge in [-0.1, -0.05) is 50.3 Å². The standard InChI is InChI=1S/C16H21NO3/c1-4-12-10-14(13-8-6-5-7-9-13)20-16(11(2)3)15(12)17(18)19/h4-9,11-12,14-16H,1,10H2,2-3H3/t12-,14+,15-,16+/m1/s1. The number of hydrogen-bond donors (Lipinski definition) is 0. The molecule has 1 aromatic carbocycles. The number of ether oxygens (including phenoxy) is 1. The van der Waals surface area contributed by atoms with Crippen molar-refractivity contribution in [1.29, 1.82) is 0 Å². The highest BCUT2D eigenvalue weighted by Gasteiger charge is 2.46. The number of nitrogens with zero attached hydrogens (tertiary/aromatic N) is 1. The maximum Gasteiger partial charge on any atom is 0.245 e. The molecule has 1 saturated heterocycles. The van der Waals surface area contributed by atoms with Crippen LogP contribution in [0, 0.1) is 22.0 Å². The fourth-order valence-corrected chi connectivity index (χ4v) is 2.90. The molecule has 0 radical (unpaired) electrons. The van der Waals surface area contributed by atoms with Gasteiger partial charge in [-0.3, -0.25) is 10.1 Å². The second-order valence-electron chi connectivity index (χ2n) is 5.66. The van der Waals surface area contributed by atoms with Crippen LogP contribution >= 0.6 is 0 Å². The van der Waals surface area contributed by atoms with Gasteiger partial charge in [0.25, 0.3) is 0 Å². The first kappa shape index (κ1) is 14.7. The molecule has 1 aliphatic heterocycles. The highest BCUT2D eigenvalue weighted by atomic mass is 16.6. The van der Waals surface area contributed by atoms with Gasteiger partial charge in [-0.2, -0.15) is 0 Å². The van der Waals surface area contributed by atoms with Gasteiger partial charge in [0.1, 0.15) is 6.10 Å². The molecule has 1 aromatic rings. The fourth-order valence-electron chi connectivity index (χ4n) is 2.90. The lowest BCUT2D eigenvalue weighted by Gasteiger charge is -2.38. The topological polar surface area (TPSA) is 52.4 Å². The van der Waals surface area contributed by atoms with Crippen LogP contribution in [0.5, 0.6) is 0 Å². The second kappa shape index (κ2) is 6.18. The Balaban J connectivity index is 2.29. The van der Waals surface area contributed by atoms with Crippen LogP contribution in [0.4, 0.5) is 0 Å². The highest BCUT2D eigenvalue weighted by molar-refractivity contribution is 5.19. The van der Waals surface area contributed by atoms with E-state index >= 15 is 0 Å². The van der Waals surface area contributed by atoms with Crippen LogP contribution in [0.3, 0.4) is 0 Å². The van der Waals surface area contributed by atoms with Crippen molar-refractivity contribution in [2.24, 2.45) is 11.8 Å². The Morgan fingerprint density at radius 2 is 2.05 bits per heavy atom. The van der Waals surface area contributed by atoms with Crippen molar-refractivity contribution in [3.05, 3.63) is 58.7 Å². The minimum Gasteiger partial charge on any atom is -0.363 e. The first-order chi connectivity index (χ1) is 9.54. The minimum atomic E-state index is -0.701. The molecule has 1 heterocycles. The molecule has 0 aliphatic carbocycles. The number of benzene rings is 1. The number of rotatable bonds is 4. The Bertz CT molecular complexity index is 472. The molecule has 0 saturated carbocycles. The molecular formula is C16H21NO3. The highest BCUT2D eigenvalue weighted by Crippen LogP contribution is 2.39. The summed E-state index contributed by atoms with van der Waals surface area (Å²) in [5.74, 6) is -0.0595. The largest absolute Gasteiger partial charge is 0.363 e. The van der Waals surface area contributed by atoms with Crippen molar-refractivity contribution in [2.75, 3.05) is 0 Å². The van der Waals surface area contributed by atoms with Gasteiger partial charge >= 0.3 is 0 Å². The summed E-state index contributed by atoms with van der Waals surface area (Å²) in [5.41, 5.74) is 1.08. The van der Waals surface area contributed by atoms with Gasteiger partial charge in [-0.15, -0.1) is 6.58 Å². The van der Waals surface area contributed by atoms with Crippen molar-refractivity contribution < 1.29 is 9.66 Å². The molecule has 1 aliphatic rings. The summed E-state index contributed by atoms with van der Waals surface area (Å²) in [6.07, 6.45) is 1.85. The lowest BCUT2D eigenvalue weighted by Crippen LogP contribution is -2.48. The van der Waals surface area contributed by atoms with E-state index in [-0.39, 0.29) is 29.0 Å². The first-order valence-electron chi connectivity index (χ1n) is 7.01. The van der Waals surface area contributed by atoms with Crippen LogP contribution in [-0.2, 0) is 4.74 Å². The zero-order valence-corrected chi connectivity index (χ0v) is 11.9. The second-order valence-corrected chi connectivity index (χ2v) is 5.66. The predicted molar refractivity (Wildman–Crippen MR) is 78.0 cm³/mol. The summed E-state index contributed by atoms with van der Waals surface area (Å²) < 4.78 is 6.05. The molecule has 1 fully saturated rings. The lowest BCUT2D eigenvalue weighted by molar-refractivity contribution is -0.552. The van der Waals surface area contributed by atoms with Gasteiger partial charge < -0.3 is 4.74 Å². The molecule has 4 nitrogen and oxygen atoms in total. The lowest BCUT2D eigenvalue weighted by atomic mass is 9.81. The van der Waals surface area contributed by atoms with Crippen molar-refractivity contribution in [3.8, 4) is 0 Å². The number of nitro groups is 1. The van der Waals surface area contributed by atoms with Crippen molar-refractivity contribution in [3.63, 3.8) is 0 Å². The molecule has 0 aromatic heterocycles. The molecule has 4 heteroatoms. The third kappa shape index (κ3) is 2.90. The zero-order chi connectivity index (χ0) is 14.7. The molecule has 108 valence electrons. The summed E-state index contributed by atoms with van der Waals surface area (Å²) >= 11 is 0. The summed E-state index contributed by atoms with van der Waals surface area (Å²) in [7, 11) is 0. The monoisotopic (exact) mass is 275 g/mol.